The fourth-order valence-electron chi connectivity index (χ4n) is 11.4. The number of carbonyl (C=O) groups is 2. The molecular formula is C76H143NO5. The predicted octanol–water partition coefficient (Wildman–Crippen LogP) is 24.0. The van der Waals surface area contributed by atoms with Crippen LogP contribution >= 0.6 is 0 Å². The van der Waals surface area contributed by atoms with E-state index in [2.05, 4.69) is 55.6 Å². The Morgan fingerprint density at radius 2 is 0.610 bits per heavy atom. The van der Waals surface area contributed by atoms with Gasteiger partial charge in [0.1, 0.15) is 0 Å². The van der Waals surface area contributed by atoms with E-state index in [1.54, 1.807) is 6.08 Å². The molecule has 3 N–H and O–H groups in total. The fraction of sp³-hybridized carbons (Fsp3) is 0.868. The lowest BCUT2D eigenvalue weighted by Gasteiger charge is -2.20. The molecule has 0 aromatic heterocycles. The van der Waals surface area contributed by atoms with Crippen LogP contribution in [0.2, 0.25) is 0 Å². The van der Waals surface area contributed by atoms with Gasteiger partial charge in [-0.05, 0) is 89.9 Å². The molecule has 482 valence electrons. The van der Waals surface area contributed by atoms with Gasteiger partial charge in [0.2, 0.25) is 5.91 Å². The first-order valence-electron chi connectivity index (χ1n) is 36.9. The van der Waals surface area contributed by atoms with E-state index in [-0.39, 0.29) is 18.5 Å². The van der Waals surface area contributed by atoms with Gasteiger partial charge in [-0.25, -0.2) is 0 Å². The minimum absolute atomic E-state index is 0.0108. The van der Waals surface area contributed by atoms with Crippen molar-refractivity contribution in [2.75, 3.05) is 13.2 Å². The Bertz CT molecular complexity index is 1370. The highest BCUT2D eigenvalue weighted by molar-refractivity contribution is 5.76. The van der Waals surface area contributed by atoms with Crippen molar-refractivity contribution < 1.29 is 24.5 Å². The molecule has 2 unspecified atom stereocenters. The second kappa shape index (κ2) is 71.3. The summed E-state index contributed by atoms with van der Waals surface area (Å²) < 4.78 is 5.50. The average Bonchev–Trinajstić information content (AvgIpc) is 3.48. The van der Waals surface area contributed by atoms with E-state index in [1.807, 2.05) is 6.08 Å². The summed E-state index contributed by atoms with van der Waals surface area (Å²) in [7, 11) is 0. The summed E-state index contributed by atoms with van der Waals surface area (Å²) >= 11 is 0. The van der Waals surface area contributed by atoms with Gasteiger partial charge >= 0.3 is 5.97 Å². The first-order chi connectivity index (χ1) is 40.5. The number of rotatable bonds is 69. The Morgan fingerprint density at radius 3 is 0.951 bits per heavy atom. The number of hydrogen-bond donors (Lipinski definition) is 3. The number of unbranched alkanes of at least 4 members (excludes halogenated alkanes) is 52. The van der Waals surface area contributed by atoms with Crippen LogP contribution in [-0.4, -0.2) is 47.4 Å². The zero-order valence-corrected chi connectivity index (χ0v) is 55.2. The molecule has 0 aliphatic rings. The molecule has 0 aromatic rings. The largest absolute Gasteiger partial charge is 0.466 e. The normalized spacial score (nSPS) is 12.8. The molecule has 0 heterocycles. The van der Waals surface area contributed by atoms with Crippen LogP contribution in [0.5, 0.6) is 0 Å². The van der Waals surface area contributed by atoms with Crippen molar-refractivity contribution in [3.63, 3.8) is 0 Å². The minimum atomic E-state index is -0.843. The number of ether oxygens (including phenoxy) is 1. The van der Waals surface area contributed by atoms with Crippen LogP contribution in [0.4, 0.5) is 0 Å². The van der Waals surface area contributed by atoms with Crippen molar-refractivity contribution in [3.8, 4) is 0 Å². The maximum Gasteiger partial charge on any atom is 0.305 e. The lowest BCUT2D eigenvalue weighted by Crippen LogP contribution is -2.45. The number of hydrogen-bond acceptors (Lipinski definition) is 5. The monoisotopic (exact) mass is 1150 g/mol. The Morgan fingerprint density at radius 1 is 0.341 bits per heavy atom. The first-order valence-corrected chi connectivity index (χ1v) is 36.9. The van der Waals surface area contributed by atoms with E-state index in [9.17, 15) is 19.8 Å². The standard InChI is InChI=1S/C76H143NO5/c1-3-5-7-9-11-13-15-17-19-20-38-42-46-50-54-58-62-66-70-76(81)82-71-67-63-59-55-51-47-43-39-36-34-32-30-28-26-24-22-21-23-25-27-29-31-33-35-37-41-45-49-53-57-61-65-69-75(80)77-73(72-78)74(79)68-64-60-56-52-48-44-40-18-16-14-12-10-8-6-4-2/h13,15,19-20,24,26,64,68,73-74,78-79H,3-12,14,16-18,21-23,25,27-63,65-67,69-72H2,1-2H3,(H,77,80)/b15-13-,20-19-,26-24-,68-64+. The third-order valence-electron chi connectivity index (χ3n) is 17.1. The average molecular weight is 1150 g/mol. The summed E-state index contributed by atoms with van der Waals surface area (Å²) in [5.41, 5.74) is 0. The molecule has 0 fully saturated rings. The number of carbonyl (C=O) groups excluding carboxylic acids is 2. The third-order valence-corrected chi connectivity index (χ3v) is 17.1. The highest BCUT2D eigenvalue weighted by atomic mass is 16.5. The number of esters is 1. The Balaban J connectivity index is 3.36. The number of allylic oxidation sites excluding steroid dienone is 7. The van der Waals surface area contributed by atoms with E-state index in [4.69, 9.17) is 4.74 Å². The van der Waals surface area contributed by atoms with Gasteiger partial charge in [0, 0.05) is 12.8 Å². The highest BCUT2D eigenvalue weighted by Gasteiger charge is 2.18. The lowest BCUT2D eigenvalue weighted by atomic mass is 10.0. The summed E-state index contributed by atoms with van der Waals surface area (Å²) in [6, 6.07) is -0.626. The van der Waals surface area contributed by atoms with Crippen LogP contribution in [-0.2, 0) is 14.3 Å². The maximum absolute atomic E-state index is 12.5. The van der Waals surface area contributed by atoms with Crippen molar-refractivity contribution in [1.29, 1.82) is 0 Å². The lowest BCUT2D eigenvalue weighted by molar-refractivity contribution is -0.143. The van der Waals surface area contributed by atoms with Crippen molar-refractivity contribution >= 4 is 11.9 Å². The Kier molecular flexibility index (Phi) is 69.4. The topological polar surface area (TPSA) is 95.9 Å². The second-order valence-corrected chi connectivity index (χ2v) is 25.3. The van der Waals surface area contributed by atoms with Crippen LogP contribution in [0, 0.1) is 0 Å². The maximum atomic E-state index is 12.5. The smallest absolute Gasteiger partial charge is 0.305 e. The number of aliphatic hydroxyl groups excluding tert-OH is 2. The van der Waals surface area contributed by atoms with Crippen molar-refractivity contribution in [2.24, 2.45) is 0 Å². The van der Waals surface area contributed by atoms with Crippen LogP contribution in [0.1, 0.15) is 399 Å². The molecule has 6 heteroatoms. The van der Waals surface area contributed by atoms with Crippen molar-refractivity contribution in [3.05, 3.63) is 48.6 Å². The van der Waals surface area contributed by atoms with Gasteiger partial charge in [-0.2, -0.15) is 0 Å². The molecule has 82 heavy (non-hydrogen) atoms. The molecule has 6 nitrogen and oxygen atoms in total. The molecule has 0 aliphatic heterocycles. The Hall–Kier alpha value is -2.18. The summed E-state index contributed by atoms with van der Waals surface area (Å²) in [6.45, 7) is 4.91. The van der Waals surface area contributed by atoms with E-state index in [1.165, 1.54) is 321 Å². The molecule has 0 aliphatic carbocycles. The van der Waals surface area contributed by atoms with Crippen LogP contribution < -0.4 is 5.32 Å². The van der Waals surface area contributed by atoms with Crippen molar-refractivity contribution in [2.45, 2.75) is 411 Å². The molecule has 0 saturated carbocycles. The molecule has 0 bridgehead atoms. The first kappa shape index (κ1) is 79.8. The van der Waals surface area contributed by atoms with Gasteiger partial charge in [-0.1, -0.05) is 345 Å². The molecular weight excluding hydrogens is 1010 g/mol. The van der Waals surface area contributed by atoms with Gasteiger partial charge in [-0.3, -0.25) is 9.59 Å². The van der Waals surface area contributed by atoms with Gasteiger partial charge in [0.05, 0.1) is 25.4 Å². The van der Waals surface area contributed by atoms with E-state index >= 15 is 0 Å². The predicted molar refractivity (Wildman–Crippen MR) is 361 cm³/mol. The highest BCUT2D eigenvalue weighted by Crippen LogP contribution is 2.18. The Labute approximate surface area is 512 Å². The molecule has 0 spiro atoms. The van der Waals surface area contributed by atoms with E-state index in [0.29, 0.717) is 19.4 Å². The van der Waals surface area contributed by atoms with Crippen LogP contribution in [0.3, 0.4) is 0 Å². The van der Waals surface area contributed by atoms with E-state index in [0.717, 1.165) is 51.4 Å². The number of amides is 1. The quantitative estimate of drug-likeness (QED) is 0.0320. The van der Waals surface area contributed by atoms with E-state index < -0.39 is 12.1 Å². The molecule has 0 aromatic carbocycles. The zero-order valence-electron chi connectivity index (χ0n) is 55.2. The number of nitrogens with one attached hydrogen (secondary N) is 1. The SMILES string of the molecule is CCCCCC/C=C\C/C=C\CCCCCCCCCC(=O)OCCCCCCCCCCCCCC/C=C\CCCCCCCCCCCCCCCCCCC(=O)NC(CO)C(O)/C=C/CCCCCCCCCCCCCCC. The van der Waals surface area contributed by atoms with Gasteiger partial charge in [0.25, 0.3) is 0 Å². The molecule has 0 saturated heterocycles. The van der Waals surface area contributed by atoms with Crippen LogP contribution in [0.15, 0.2) is 48.6 Å². The van der Waals surface area contributed by atoms with Gasteiger partial charge in [0.15, 0.2) is 0 Å². The minimum Gasteiger partial charge on any atom is -0.466 e. The van der Waals surface area contributed by atoms with Gasteiger partial charge < -0.3 is 20.3 Å². The summed E-state index contributed by atoms with van der Waals surface area (Å²) in [6.07, 6.45) is 93.5. The molecule has 1 amide bonds. The number of aliphatic hydroxyl groups is 2. The summed E-state index contributed by atoms with van der Waals surface area (Å²) in [5.74, 6) is -0.0526. The summed E-state index contributed by atoms with van der Waals surface area (Å²) in [5, 5.41) is 23.2. The fourth-order valence-corrected chi connectivity index (χ4v) is 11.4. The third kappa shape index (κ3) is 67.0. The molecule has 2 atom stereocenters. The molecule has 0 radical (unpaired) electrons. The summed E-state index contributed by atoms with van der Waals surface area (Å²) in [4.78, 5) is 24.6. The molecule has 0 rings (SSSR count). The van der Waals surface area contributed by atoms with Crippen LogP contribution in [0.25, 0.3) is 0 Å². The second-order valence-electron chi connectivity index (χ2n) is 25.3. The van der Waals surface area contributed by atoms with Crippen molar-refractivity contribution in [1.82, 2.24) is 5.32 Å². The van der Waals surface area contributed by atoms with Gasteiger partial charge in [-0.15, -0.1) is 0 Å². The zero-order chi connectivity index (χ0) is 59.2.